The Balaban J connectivity index is 2.19. The molecule has 2 N–H and O–H groups in total. The molecule has 2 atom stereocenters. The number of aryl methyl sites for hydroxylation is 1. The molecule has 8 heteroatoms. The second-order valence-electron chi connectivity index (χ2n) is 6.06. The van der Waals surface area contributed by atoms with Gasteiger partial charge >= 0.3 is 0 Å². The van der Waals surface area contributed by atoms with Crippen molar-refractivity contribution in [3.05, 3.63) is 69.3 Å². The molecule has 0 aliphatic rings. The Labute approximate surface area is 161 Å². The van der Waals surface area contributed by atoms with Crippen LogP contribution in [0.15, 0.2) is 47.5 Å². The van der Waals surface area contributed by atoms with Crippen molar-refractivity contribution in [2.75, 3.05) is 12.9 Å². The fraction of sp³-hybridized carbons (Fsp3) is 0.316. The number of nitro benzene ring substituents is 1. The van der Waals surface area contributed by atoms with E-state index in [9.17, 15) is 15.2 Å². The van der Waals surface area contributed by atoms with E-state index in [4.69, 9.17) is 5.26 Å². The van der Waals surface area contributed by atoms with Crippen LogP contribution in [-0.4, -0.2) is 40.4 Å². The SMILES string of the molecule is CSC(CC(CO)N=Cc1cc([N+](=O)[O-])ccc1OO)c1ccc(C)cc1. The van der Waals surface area contributed by atoms with Crippen LogP contribution in [0.3, 0.4) is 0 Å². The number of thioether (sulfide) groups is 1. The highest BCUT2D eigenvalue weighted by molar-refractivity contribution is 7.98. The van der Waals surface area contributed by atoms with E-state index in [-0.39, 0.29) is 28.9 Å². The maximum atomic E-state index is 10.9. The zero-order valence-corrected chi connectivity index (χ0v) is 15.9. The molecule has 0 spiro atoms. The number of hydrogen-bond acceptors (Lipinski definition) is 7. The molecule has 0 aliphatic heterocycles. The minimum atomic E-state index is -0.539. The molecule has 0 aromatic heterocycles. The van der Waals surface area contributed by atoms with Crippen LogP contribution in [0.2, 0.25) is 0 Å². The van der Waals surface area contributed by atoms with Gasteiger partial charge in [0.1, 0.15) is 0 Å². The lowest BCUT2D eigenvalue weighted by atomic mass is 10.0. The van der Waals surface area contributed by atoms with E-state index in [1.165, 1.54) is 30.0 Å². The van der Waals surface area contributed by atoms with Gasteiger partial charge in [-0.3, -0.25) is 15.1 Å². The summed E-state index contributed by atoms with van der Waals surface area (Å²) < 4.78 is 0. The number of benzene rings is 2. The van der Waals surface area contributed by atoms with Gasteiger partial charge in [-0.05, 0) is 31.2 Å². The summed E-state index contributed by atoms with van der Waals surface area (Å²) in [6.07, 6.45) is 3.98. The lowest BCUT2D eigenvalue weighted by Gasteiger charge is -2.19. The summed E-state index contributed by atoms with van der Waals surface area (Å²) in [6, 6.07) is 11.6. The van der Waals surface area contributed by atoms with Gasteiger partial charge in [0, 0.05) is 29.2 Å². The summed E-state index contributed by atoms with van der Waals surface area (Å²) in [4.78, 5) is 19.0. The highest BCUT2D eigenvalue weighted by atomic mass is 32.2. The van der Waals surface area contributed by atoms with Gasteiger partial charge in [-0.1, -0.05) is 29.8 Å². The van der Waals surface area contributed by atoms with Crippen molar-refractivity contribution < 1.29 is 20.2 Å². The second-order valence-corrected chi connectivity index (χ2v) is 7.10. The Bertz CT molecular complexity index is 795. The molecule has 144 valence electrons. The molecule has 2 unspecified atom stereocenters. The fourth-order valence-electron chi connectivity index (χ4n) is 2.60. The predicted octanol–water partition coefficient (Wildman–Crippen LogP) is 4.03. The van der Waals surface area contributed by atoms with Crippen LogP contribution in [0.1, 0.15) is 28.4 Å². The highest BCUT2D eigenvalue weighted by Gasteiger charge is 2.17. The molecular formula is C19H22N2O5S. The summed E-state index contributed by atoms with van der Waals surface area (Å²) in [6.45, 7) is 1.86. The number of aliphatic hydroxyl groups is 1. The van der Waals surface area contributed by atoms with Crippen molar-refractivity contribution >= 4 is 23.7 Å². The molecule has 2 aromatic carbocycles. The van der Waals surface area contributed by atoms with Gasteiger partial charge in [-0.25, -0.2) is 5.26 Å². The van der Waals surface area contributed by atoms with E-state index < -0.39 is 11.0 Å². The third kappa shape index (κ3) is 5.78. The second kappa shape index (κ2) is 10.1. The summed E-state index contributed by atoms with van der Waals surface area (Å²) in [7, 11) is 0. The lowest BCUT2D eigenvalue weighted by Crippen LogP contribution is -2.14. The van der Waals surface area contributed by atoms with Crippen molar-refractivity contribution in [3.8, 4) is 5.75 Å². The summed E-state index contributed by atoms with van der Waals surface area (Å²) in [5, 5.41) is 29.7. The van der Waals surface area contributed by atoms with E-state index in [1.54, 1.807) is 11.8 Å². The number of nitrogens with zero attached hydrogens (tertiary/aromatic N) is 2. The molecule has 7 nitrogen and oxygen atoms in total. The molecular weight excluding hydrogens is 368 g/mol. The minimum absolute atomic E-state index is 0.0565. The summed E-state index contributed by atoms with van der Waals surface area (Å²) in [5.74, 6) is 0.0565. The van der Waals surface area contributed by atoms with Crippen LogP contribution in [0.4, 0.5) is 5.69 Å². The van der Waals surface area contributed by atoms with Crippen molar-refractivity contribution in [2.45, 2.75) is 24.6 Å². The number of non-ortho nitro benzene ring substituents is 1. The molecule has 2 aromatic rings. The van der Waals surface area contributed by atoms with Crippen molar-refractivity contribution in [1.29, 1.82) is 0 Å². The predicted molar refractivity (Wildman–Crippen MR) is 107 cm³/mol. The van der Waals surface area contributed by atoms with Gasteiger partial charge in [-0.2, -0.15) is 11.8 Å². The number of hydrogen-bond donors (Lipinski definition) is 2. The zero-order valence-electron chi connectivity index (χ0n) is 15.1. The molecule has 0 bridgehead atoms. The first kappa shape index (κ1) is 20.9. The quantitative estimate of drug-likeness (QED) is 0.290. The minimum Gasteiger partial charge on any atom is -0.394 e. The van der Waals surface area contributed by atoms with E-state index >= 15 is 0 Å². The first-order valence-electron chi connectivity index (χ1n) is 8.31. The Kier molecular flexibility index (Phi) is 7.78. The fourth-order valence-corrected chi connectivity index (χ4v) is 3.44. The third-order valence-corrected chi connectivity index (χ3v) is 5.19. The van der Waals surface area contributed by atoms with Gasteiger partial charge in [-0.15, -0.1) is 0 Å². The number of rotatable bonds is 9. The van der Waals surface area contributed by atoms with E-state index in [0.29, 0.717) is 6.42 Å². The average Bonchev–Trinajstić information content (AvgIpc) is 2.68. The Morgan fingerprint density at radius 1 is 1.30 bits per heavy atom. The van der Waals surface area contributed by atoms with Crippen LogP contribution in [0, 0.1) is 17.0 Å². The van der Waals surface area contributed by atoms with Gasteiger partial charge < -0.3 is 9.99 Å². The van der Waals surface area contributed by atoms with Gasteiger partial charge in [0.05, 0.1) is 17.6 Å². The molecule has 0 fully saturated rings. The van der Waals surface area contributed by atoms with E-state index in [0.717, 1.165) is 5.56 Å². The summed E-state index contributed by atoms with van der Waals surface area (Å²) in [5.41, 5.74) is 2.45. The number of aliphatic imine (C=N–C) groups is 1. The monoisotopic (exact) mass is 390 g/mol. The Morgan fingerprint density at radius 2 is 2.00 bits per heavy atom. The molecule has 0 heterocycles. The molecule has 0 aliphatic carbocycles. The van der Waals surface area contributed by atoms with E-state index in [2.05, 4.69) is 22.0 Å². The van der Waals surface area contributed by atoms with Gasteiger partial charge in [0.15, 0.2) is 5.75 Å². The Morgan fingerprint density at radius 3 is 2.56 bits per heavy atom. The van der Waals surface area contributed by atoms with Crippen LogP contribution >= 0.6 is 11.8 Å². The summed E-state index contributed by atoms with van der Waals surface area (Å²) >= 11 is 1.67. The topological polar surface area (TPSA) is 105 Å². The molecule has 27 heavy (non-hydrogen) atoms. The van der Waals surface area contributed by atoms with Crippen LogP contribution in [0.5, 0.6) is 5.75 Å². The largest absolute Gasteiger partial charge is 0.394 e. The number of aliphatic hydroxyl groups excluding tert-OH is 1. The lowest BCUT2D eigenvalue weighted by molar-refractivity contribution is -0.384. The van der Waals surface area contributed by atoms with Gasteiger partial charge in [0.25, 0.3) is 5.69 Å². The Hall–Kier alpha value is -2.42. The first-order valence-corrected chi connectivity index (χ1v) is 9.60. The third-order valence-electron chi connectivity index (χ3n) is 4.16. The molecule has 0 radical (unpaired) electrons. The highest BCUT2D eigenvalue weighted by Crippen LogP contribution is 2.32. The maximum Gasteiger partial charge on any atom is 0.270 e. The standard InChI is InChI=1S/C19H22N2O5S/c1-13-3-5-14(6-4-13)19(27-2)10-16(12-22)20-11-15-9-17(21(23)24)7-8-18(15)26-25/h3-9,11,16,19,22,25H,10,12H2,1-2H3. The number of nitro groups is 1. The molecule has 2 rings (SSSR count). The average molecular weight is 390 g/mol. The smallest absolute Gasteiger partial charge is 0.270 e. The van der Waals surface area contributed by atoms with Crippen molar-refractivity contribution in [2.24, 2.45) is 4.99 Å². The van der Waals surface area contributed by atoms with Crippen LogP contribution < -0.4 is 4.89 Å². The zero-order chi connectivity index (χ0) is 19.8. The van der Waals surface area contributed by atoms with E-state index in [1.807, 2.05) is 25.3 Å². The molecule has 0 saturated carbocycles. The van der Waals surface area contributed by atoms with Gasteiger partial charge in [0.2, 0.25) is 0 Å². The van der Waals surface area contributed by atoms with Crippen molar-refractivity contribution in [1.82, 2.24) is 0 Å². The molecule has 0 amide bonds. The maximum absolute atomic E-state index is 10.9. The first-order chi connectivity index (χ1) is 13.0. The van der Waals surface area contributed by atoms with Crippen LogP contribution in [-0.2, 0) is 0 Å². The normalized spacial score (nSPS) is 13.5. The van der Waals surface area contributed by atoms with Crippen LogP contribution in [0.25, 0.3) is 0 Å². The molecule has 0 saturated heterocycles. The van der Waals surface area contributed by atoms with Crippen molar-refractivity contribution in [3.63, 3.8) is 0 Å².